The Morgan fingerprint density at radius 3 is 2.84 bits per heavy atom. The van der Waals surface area contributed by atoms with Crippen LogP contribution in [0.1, 0.15) is 23.2 Å². The lowest BCUT2D eigenvalue weighted by molar-refractivity contribution is 0.0896. The van der Waals surface area contributed by atoms with E-state index in [0.29, 0.717) is 5.02 Å². The standard InChI is InChI=1S/C15H17ClN2O/c1-18-9-13(12-3-2-11(16)8-14(12)18)15(19)10-4-6-17-7-5-10/h2-3,8-10,17H,4-7H2,1H3. The van der Waals surface area contributed by atoms with Gasteiger partial charge in [0.25, 0.3) is 0 Å². The summed E-state index contributed by atoms with van der Waals surface area (Å²) in [6.45, 7) is 1.88. The summed E-state index contributed by atoms with van der Waals surface area (Å²) in [5.41, 5.74) is 1.85. The highest BCUT2D eigenvalue weighted by Gasteiger charge is 2.24. The number of fused-ring (bicyclic) bond motifs is 1. The van der Waals surface area contributed by atoms with Gasteiger partial charge < -0.3 is 9.88 Å². The molecule has 1 aromatic heterocycles. The lowest BCUT2D eigenvalue weighted by atomic mass is 9.89. The highest BCUT2D eigenvalue weighted by Crippen LogP contribution is 2.28. The molecule has 100 valence electrons. The Bertz CT molecular complexity index is 626. The maximum Gasteiger partial charge on any atom is 0.168 e. The zero-order valence-corrected chi connectivity index (χ0v) is 11.7. The van der Waals surface area contributed by atoms with E-state index in [-0.39, 0.29) is 11.7 Å². The molecule has 1 aromatic carbocycles. The first-order chi connectivity index (χ1) is 9.16. The van der Waals surface area contributed by atoms with Gasteiger partial charge in [0, 0.05) is 40.7 Å². The third-order valence-corrected chi connectivity index (χ3v) is 4.16. The van der Waals surface area contributed by atoms with Gasteiger partial charge in [0.2, 0.25) is 0 Å². The average molecular weight is 277 g/mol. The number of hydrogen-bond acceptors (Lipinski definition) is 2. The van der Waals surface area contributed by atoms with Crippen LogP contribution >= 0.6 is 11.6 Å². The van der Waals surface area contributed by atoms with Gasteiger partial charge in [0.15, 0.2) is 5.78 Å². The molecule has 0 amide bonds. The number of rotatable bonds is 2. The fourth-order valence-corrected chi connectivity index (χ4v) is 3.02. The van der Waals surface area contributed by atoms with E-state index in [0.717, 1.165) is 42.4 Å². The molecular weight excluding hydrogens is 260 g/mol. The zero-order valence-electron chi connectivity index (χ0n) is 10.9. The molecule has 0 radical (unpaired) electrons. The molecule has 0 unspecified atom stereocenters. The largest absolute Gasteiger partial charge is 0.350 e. The van der Waals surface area contributed by atoms with Gasteiger partial charge in [-0.25, -0.2) is 0 Å². The number of nitrogens with one attached hydrogen (secondary N) is 1. The Morgan fingerprint density at radius 1 is 1.37 bits per heavy atom. The molecule has 1 N–H and O–H groups in total. The second-order valence-electron chi connectivity index (χ2n) is 5.20. The molecule has 1 aliphatic rings. The quantitative estimate of drug-likeness (QED) is 0.856. The van der Waals surface area contributed by atoms with Crippen molar-refractivity contribution >= 4 is 28.3 Å². The van der Waals surface area contributed by atoms with E-state index in [2.05, 4.69) is 5.32 Å². The number of piperidine rings is 1. The second kappa shape index (κ2) is 4.99. The summed E-state index contributed by atoms with van der Waals surface area (Å²) < 4.78 is 1.98. The van der Waals surface area contributed by atoms with Crippen LogP contribution in [0.15, 0.2) is 24.4 Å². The maximum absolute atomic E-state index is 12.6. The van der Waals surface area contributed by atoms with E-state index in [1.165, 1.54) is 0 Å². The number of aromatic nitrogens is 1. The minimum Gasteiger partial charge on any atom is -0.350 e. The fourth-order valence-electron chi connectivity index (χ4n) is 2.86. The number of hydrogen-bond donors (Lipinski definition) is 1. The number of benzene rings is 1. The van der Waals surface area contributed by atoms with Crippen LogP contribution in [0.5, 0.6) is 0 Å². The topological polar surface area (TPSA) is 34.0 Å². The predicted octanol–water partition coefficient (Wildman–Crippen LogP) is 3.01. The average Bonchev–Trinajstić information content (AvgIpc) is 2.76. The van der Waals surface area contributed by atoms with E-state index in [9.17, 15) is 4.79 Å². The van der Waals surface area contributed by atoms with Crippen molar-refractivity contribution in [3.63, 3.8) is 0 Å². The molecule has 0 atom stereocenters. The first-order valence-corrected chi connectivity index (χ1v) is 7.04. The zero-order chi connectivity index (χ0) is 13.4. The molecule has 0 spiro atoms. The number of carbonyl (C=O) groups is 1. The molecule has 1 fully saturated rings. The Morgan fingerprint density at radius 2 is 2.11 bits per heavy atom. The number of nitrogens with zero attached hydrogens (tertiary/aromatic N) is 1. The summed E-state index contributed by atoms with van der Waals surface area (Å²) in [6, 6.07) is 5.71. The van der Waals surface area contributed by atoms with Crippen LogP contribution in [0.2, 0.25) is 5.02 Å². The van der Waals surface area contributed by atoms with Crippen molar-refractivity contribution in [1.29, 1.82) is 0 Å². The molecule has 2 heterocycles. The Kier molecular flexibility index (Phi) is 3.33. The van der Waals surface area contributed by atoms with Crippen LogP contribution in [0.25, 0.3) is 10.9 Å². The molecule has 0 bridgehead atoms. The molecule has 3 rings (SSSR count). The van der Waals surface area contributed by atoms with Gasteiger partial charge in [-0.15, -0.1) is 0 Å². The molecule has 19 heavy (non-hydrogen) atoms. The van der Waals surface area contributed by atoms with Crippen LogP contribution in [0.3, 0.4) is 0 Å². The van der Waals surface area contributed by atoms with E-state index < -0.39 is 0 Å². The van der Waals surface area contributed by atoms with Crippen molar-refractivity contribution in [3.05, 3.63) is 35.0 Å². The normalized spacial score (nSPS) is 16.9. The number of Topliss-reactive ketones (excluding diaryl/α,β-unsaturated/α-hetero) is 1. The summed E-state index contributed by atoms with van der Waals surface area (Å²) in [6.07, 6.45) is 3.80. The van der Waals surface area contributed by atoms with E-state index in [1.807, 2.05) is 36.0 Å². The Balaban J connectivity index is 2.02. The highest BCUT2D eigenvalue weighted by molar-refractivity contribution is 6.31. The molecule has 2 aromatic rings. The molecule has 0 aliphatic carbocycles. The van der Waals surface area contributed by atoms with E-state index >= 15 is 0 Å². The van der Waals surface area contributed by atoms with Crippen molar-refractivity contribution in [3.8, 4) is 0 Å². The molecular formula is C15H17ClN2O. The third kappa shape index (κ3) is 2.28. The number of ketones is 1. The van der Waals surface area contributed by atoms with Crippen LogP contribution in [-0.4, -0.2) is 23.4 Å². The van der Waals surface area contributed by atoms with E-state index in [1.54, 1.807) is 0 Å². The first kappa shape index (κ1) is 12.7. The summed E-state index contributed by atoms with van der Waals surface area (Å²) >= 11 is 6.02. The number of carbonyl (C=O) groups excluding carboxylic acids is 1. The van der Waals surface area contributed by atoms with Gasteiger partial charge in [0.1, 0.15) is 0 Å². The first-order valence-electron chi connectivity index (χ1n) is 6.66. The van der Waals surface area contributed by atoms with Gasteiger partial charge in [0.05, 0.1) is 0 Å². The van der Waals surface area contributed by atoms with Gasteiger partial charge in [-0.3, -0.25) is 4.79 Å². The van der Waals surface area contributed by atoms with Gasteiger partial charge >= 0.3 is 0 Å². The molecule has 4 heteroatoms. The van der Waals surface area contributed by atoms with Crippen molar-refractivity contribution in [1.82, 2.24) is 9.88 Å². The summed E-state index contributed by atoms with van der Waals surface area (Å²) in [5.74, 6) is 0.428. The minimum absolute atomic E-state index is 0.155. The van der Waals surface area contributed by atoms with Crippen molar-refractivity contribution in [2.45, 2.75) is 12.8 Å². The summed E-state index contributed by atoms with van der Waals surface area (Å²) in [4.78, 5) is 12.6. The van der Waals surface area contributed by atoms with Crippen LogP contribution in [-0.2, 0) is 7.05 Å². The van der Waals surface area contributed by atoms with Crippen molar-refractivity contribution in [2.75, 3.05) is 13.1 Å². The Hall–Kier alpha value is -1.32. The molecule has 1 aliphatic heterocycles. The van der Waals surface area contributed by atoms with Crippen molar-refractivity contribution in [2.24, 2.45) is 13.0 Å². The number of aryl methyl sites for hydroxylation is 1. The summed E-state index contributed by atoms with van der Waals surface area (Å²) in [7, 11) is 1.96. The van der Waals surface area contributed by atoms with Crippen LogP contribution < -0.4 is 5.32 Å². The number of halogens is 1. The third-order valence-electron chi connectivity index (χ3n) is 3.93. The molecule has 3 nitrogen and oxygen atoms in total. The molecule has 0 saturated carbocycles. The lowest BCUT2D eigenvalue weighted by Gasteiger charge is -2.21. The van der Waals surface area contributed by atoms with E-state index in [4.69, 9.17) is 11.6 Å². The molecule has 1 saturated heterocycles. The minimum atomic E-state index is 0.155. The van der Waals surface area contributed by atoms with Gasteiger partial charge in [-0.1, -0.05) is 17.7 Å². The van der Waals surface area contributed by atoms with Gasteiger partial charge in [-0.05, 0) is 38.1 Å². The smallest absolute Gasteiger partial charge is 0.168 e. The summed E-state index contributed by atoms with van der Waals surface area (Å²) in [5, 5.41) is 5.01. The fraction of sp³-hybridized carbons (Fsp3) is 0.400. The van der Waals surface area contributed by atoms with Crippen LogP contribution in [0, 0.1) is 5.92 Å². The maximum atomic E-state index is 12.6. The second-order valence-corrected chi connectivity index (χ2v) is 5.64. The lowest BCUT2D eigenvalue weighted by Crippen LogP contribution is -2.31. The van der Waals surface area contributed by atoms with Crippen molar-refractivity contribution < 1.29 is 4.79 Å². The predicted molar refractivity (Wildman–Crippen MR) is 77.9 cm³/mol. The highest BCUT2D eigenvalue weighted by atomic mass is 35.5. The SMILES string of the molecule is Cn1cc(C(=O)C2CCNCC2)c2ccc(Cl)cc21. The Labute approximate surface area is 117 Å². The monoisotopic (exact) mass is 276 g/mol. The van der Waals surface area contributed by atoms with Gasteiger partial charge in [-0.2, -0.15) is 0 Å². The van der Waals surface area contributed by atoms with Crippen LogP contribution in [0.4, 0.5) is 0 Å².